The molecule has 0 unspecified atom stereocenters. The van der Waals surface area contributed by atoms with Crippen LogP contribution in [0.4, 0.5) is 5.95 Å². The summed E-state index contributed by atoms with van der Waals surface area (Å²) >= 11 is 0. The van der Waals surface area contributed by atoms with E-state index in [0.29, 0.717) is 22.8 Å². The Morgan fingerprint density at radius 2 is 2.00 bits per heavy atom. The Morgan fingerprint density at radius 3 is 2.83 bits per heavy atom. The molecule has 4 aromatic rings. The fraction of sp³-hybridized carbons (Fsp3) is 0. The van der Waals surface area contributed by atoms with Gasteiger partial charge in [0.1, 0.15) is 0 Å². The Balaban J connectivity index is 1.65. The molecule has 0 saturated carbocycles. The van der Waals surface area contributed by atoms with Crippen LogP contribution in [0.3, 0.4) is 0 Å². The van der Waals surface area contributed by atoms with Crippen LogP contribution in [0.5, 0.6) is 0 Å². The van der Waals surface area contributed by atoms with Crippen molar-refractivity contribution in [2.45, 2.75) is 0 Å². The highest BCUT2D eigenvalue weighted by molar-refractivity contribution is 6.03. The number of rotatable bonds is 3. The molecule has 0 saturated heterocycles. The maximum Gasteiger partial charge on any atom is 0.330 e. The zero-order valence-corrected chi connectivity index (χ0v) is 12.4. The molecule has 8 heteroatoms. The van der Waals surface area contributed by atoms with Crippen molar-refractivity contribution in [2.24, 2.45) is 0 Å². The van der Waals surface area contributed by atoms with E-state index in [0.717, 1.165) is 0 Å². The van der Waals surface area contributed by atoms with Crippen molar-refractivity contribution in [1.29, 1.82) is 0 Å². The molecule has 24 heavy (non-hydrogen) atoms. The summed E-state index contributed by atoms with van der Waals surface area (Å²) in [5, 5.41) is 10.7. The second-order valence-electron chi connectivity index (χ2n) is 5.09. The standard InChI is InChI=1S/C16H12N6O2/c23-14(18-15-20-19-13-6-1-2-8-22(13)15)11-4-3-5-12(10-11)21-9-7-17-16(21)24/h1-10H,(H,17,24)(H,18,20,23). The monoisotopic (exact) mass is 320 g/mol. The molecule has 0 atom stereocenters. The second kappa shape index (κ2) is 5.51. The number of nitrogens with one attached hydrogen (secondary N) is 2. The second-order valence-corrected chi connectivity index (χ2v) is 5.09. The first kappa shape index (κ1) is 13.9. The molecule has 0 aliphatic rings. The lowest BCUT2D eigenvalue weighted by Crippen LogP contribution is -2.17. The number of aromatic amines is 1. The molecule has 3 heterocycles. The number of H-pyrrole nitrogens is 1. The number of carbonyl (C=O) groups excluding carboxylic acids is 1. The number of carbonyl (C=O) groups is 1. The number of fused-ring (bicyclic) bond motifs is 1. The van der Waals surface area contributed by atoms with Crippen molar-refractivity contribution in [1.82, 2.24) is 24.1 Å². The first-order chi connectivity index (χ1) is 11.7. The van der Waals surface area contributed by atoms with E-state index in [1.54, 1.807) is 47.1 Å². The van der Waals surface area contributed by atoms with Gasteiger partial charge in [0.15, 0.2) is 5.65 Å². The van der Waals surface area contributed by atoms with Crippen molar-refractivity contribution in [2.75, 3.05) is 5.32 Å². The summed E-state index contributed by atoms with van der Waals surface area (Å²) in [4.78, 5) is 26.7. The molecule has 0 aliphatic carbocycles. The highest BCUT2D eigenvalue weighted by Crippen LogP contribution is 2.12. The summed E-state index contributed by atoms with van der Waals surface area (Å²) in [6.07, 6.45) is 4.91. The summed E-state index contributed by atoms with van der Waals surface area (Å²) in [5.41, 5.74) is 1.38. The number of anilines is 1. The van der Waals surface area contributed by atoms with Crippen LogP contribution < -0.4 is 11.0 Å². The molecule has 0 spiro atoms. The number of nitrogens with zero attached hydrogens (tertiary/aromatic N) is 4. The summed E-state index contributed by atoms with van der Waals surface area (Å²) in [5.74, 6) is -0.00148. The Kier molecular flexibility index (Phi) is 3.20. The predicted molar refractivity (Wildman–Crippen MR) is 87.3 cm³/mol. The molecule has 1 amide bonds. The van der Waals surface area contributed by atoms with Crippen LogP contribution >= 0.6 is 0 Å². The van der Waals surface area contributed by atoms with Gasteiger partial charge in [-0.3, -0.25) is 19.1 Å². The molecule has 2 N–H and O–H groups in total. The van der Waals surface area contributed by atoms with Crippen LogP contribution in [0.15, 0.2) is 65.8 Å². The van der Waals surface area contributed by atoms with Gasteiger partial charge in [0, 0.05) is 24.2 Å². The van der Waals surface area contributed by atoms with E-state index < -0.39 is 0 Å². The quantitative estimate of drug-likeness (QED) is 0.597. The van der Waals surface area contributed by atoms with Crippen molar-refractivity contribution in [3.63, 3.8) is 0 Å². The third-order valence-corrected chi connectivity index (χ3v) is 3.57. The van der Waals surface area contributed by atoms with Crippen LogP contribution in [-0.4, -0.2) is 30.1 Å². The lowest BCUT2D eigenvalue weighted by molar-refractivity contribution is 0.102. The fourth-order valence-corrected chi connectivity index (χ4v) is 2.42. The maximum absolute atomic E-state index is 12.5. The molecule has 4 rings (SSSR count). The van der Waals surface area contributed by atoms with Crippen LogP contribution in [0, 0.1) is 0 Å². The number of pyridine rings is 1. The van der Waals surface area contributed by atoms with Crippen molar-refractivity contribution in [3.8, 4) is 5.69 Å². The van der Waals surface area contributed by atoms with Gasteiger partial charge in [-0.05, 0) is 30.3 Å². The van der Waals surface area contributed by atoms with Gasteiger partial charge in [0.25, 0.3) is 5.91 Å². The molecule has 0 aliphatic heterocycles. The molecular weight excluding hydrogens is 308 g/mol. The van der Waals surface area contributed by atoms with Crippen LogP contribution in [-0.2, 0) is 0 Å². The zero-order valence-electron chi connectivity index (χ0n) is 12.4. The van der Waals surface area contributed by atoms with E-state index in [2.05, 4.69) is 20.5 Å². The van der Waals surface area contributed by atoms with Crippen molar-refractivity contribution in [3.05, 3.63) is 77.1 Å². The van der Waals surface area contributed by atoms with E-state index in [9.17, 15) is 9.59 Å². The first-order valence-electron chi connectivity index (χ1n) is 7.20. The molecule has 0 radical (unpaired) electrons. The van der Waals surface area contributed by atoms with Gasteiger partial charge in [-0.1, -0.05) is 12.1 Å². The summed E-state index contributed by atoms with van der Waals surface area (Å²) in [6, 6.07) is 12.2. The number of hydrogen-bond acceptors (Lipinski definition) is 4. The Hall–Kier alpha value is -3.68. The summed E-state index contributed by atoms with van der Waals surface area (Å²) < 4.78 is 3.10. The smallest absolute Gasteiger partial charge is 0.312 e. The number of benzene rings is 1. The minimum absolute atomic E-state index is 0.268. The van der Waals surface area contributed by atoms with Gasteiger partial charge in [-0.25, -0.2) is 4.79 Å². The van der Waals surface area contributed by atoms with Crippen LogP contribution in [0.25, 0.3) is 11.3 Å². The number of hydrogen-bond donors (Lipinski definition) is 2. The molecule has 118 valence electrons. The van der Waals surface area contributed by atoms with E-state index in [1.807, 2.05) is 12.1 Å². The largest absolute Gasteiger partial charge is 0.330 e. The minimum Gasteiger partial charge on any atom is -0.312 e. The Bertz CT molecular complexity index is 1090. The summed E-state index contributed by atoms with van der Waals surface area (Å²) in [6.45, 7) is 0. The average molecular weight is 320 g/mol. The van der Waals surface area contributed by atoms with Crippen LogP contribution in [0.1, 0.15) is 10.4 Å². The lowest BCUT2D eigenvalue weighted by atomic mass is 10.2. The van der Waals surface area contributed by atoms with Gasteiger partial charge < -0.3 is 4.98 Å². The number of amides is 1. The van der Waals surface area contributed by atoms with E-state index in [4.69, 9.17) is 0 Å². The highest BCUT2D eigenvalue weighted by atomic mass is 16.2. The Morgan fingerprint density at radius 1 is 1.08 bits per heavy atom. The van der Waals surface area contributed by atoms with Crippen LogP contribution in [0.2, 0.25) is 0 Å². The van der Waals surface area contributed by atoms with E-state index >= 15 is 0 Å². The van der Waals surface area contributed by atoms with Gasteiger partial charge in [0.05, 0.1) is 5.69 Å². The van der Waals surface area contributed by atoms with Gasteiger partial charge in [0.2, 0.25) is 5.95 Å². The SMILES string of the molecule is O=C(Nc1nnc2ccccn12)c1cccc(-n2cc[nH]c2=O)c1. The first-order valence-corrected chi connectivity index (χ1v) is 7.20. The molecule has 0 bridgehead atoms. The van der Waals surface area contributed by atoms with Gasteiger partial charge in [-0.15, -0.1) is 10.2 Å². The third kappa shape index (κ3) is 2.35. The maximum atomic E-state index is 12.5. The summed E-state index contributed by atoms with van der Waals surface area (Å²) in [7, 11) is 0. The van der Waals surface area contributed by atoms with Crippen molar-refractivity contribution >= 4 is 17.5 Å². The molecular formula is C16H12N6O2. The van der Waals surface area contributed by atoms with Gasteiger partial charge >= 0.3 is 5.69 Å². The predicted octanol–water partition coefficient (Wildman–Crippen LogP) is 1.46. The van der Waals surface area contributed by atoms with Gasteiger partial charge in [-0.2, -0.15) is 0 Å². The molecule has 8 nitrogen and oxygen atoms in total. The third-order valence-electron chi connectivity index (χ3n) is 3.57. The van der Waals surface area contributed by atoms with Crippen molar-refractivity contribution < 1.29 is 4.79 Å². The number of aromatic nitrogens is 5. The van der Waals surface area contributed by atoms with E-state index in [1.165, 1.54) is 10.8 Å². The molecule has 1 aromatic carbocycles. The number of imidazole rings is 1. The molecule has 0 fully saturated rings. The fourth-order valence-electron chi connectivity index (χ4n) is 2.42. The minimum atomic E-state index is -0.335. The normalized spacial score (nSPS) is 10.8. The Labute approximate surface area is 135 Å². The van der Waals surface area contributed by atoms with E-state index in [-0.39, 0.29) is 11.6 Å². The molecule has 3 aromatic heterocycles. The average Bonchev–Trinajstić information content (AvgIpc) is 3.22. The zero-order chi connectivity index (χ0) is 16.5. The topological polar surface area (TPSA) is 97.1 Å². The highest BCUT2D eigenvalue weighted by Gasteiger charge is 2.12. The lowest BCUT2D eigenvalue weighted by Gasteiger charge is -2.06.